The molecule has 0 saturated heterocycles. The van der Waals surface area contributed by atoms with E-state index in [1.165, 1.54) is 128 Å². The summed E-state index contributed by atoms with van der Waals surface area (Å²) in [4.78, 5) is 0. The third-order valence-electron chi connectivity index (χ3n) is 6.58. The van der Waals surface area contributed by atoms with Crippen molar-refractivity contribution in [2.75, 3.05) is 25.0 Å². The molecule has 0 aliphatic rings. The van der Waals surface area contributed by atoms with Crippen LogP contribution in [0.3, 0.4) is 0 Å². The summed E-state index contributed by atoms with van der Waals surface area (Å²) in [6, 6.07) is 8.47. The minimum absolute atomic E-state index is 0.836. The highest BCUT2D eigenvalue weighted by molar-refractivity contribution is 5.46. The predicted octanol–water partition coefficient (Wildman–Crippen LogP) is 9.26. The van der Waals surface area contributed by atoms with Crippen LogP contribution in [0.25, 0.3) is 0 Å². The lowest BCUT2D eigenvalue weighted by Crippen LogP contribution is -2.02. The number of ether oxygens (including phenoxy) is 1. The van der Waals surface area contributed by atoms with E-state index in [0.717, 1.165) is 31.9 Å². The molecule has 3 nitrogen and oxygen atoms in total. The van der Waals surface area contributed by atoms with Crippen molar-refractivity contribution in [1.82, 2.24) is 0 Å². The fraction of sp³-hybridized carbons (Fsp3) is 0.800. The maximum absolute atomic E-state index is 5.82. The van der Waals surface area contributed by atoms with Gasteiger partial charge in [-0.3, -0.25) is 0 Å². The van der Waals surface area contributed by atoms with Gasteiger partial charge >= 0.3 is 0 Å². The molecule has 1 rings (SSSR count). The van der Waals surface area contributed by atoms with Gasteiger partial charge in [-0.1, -0.05) is 116 Å². The van der Waals surface area contributed by atoms with Crippen LogP contribution in [0.4, 0.5) is 5.69 Å². The Bertz CT molecular complexity index is 503. The Kier molecular flexibility index (Phi) is 21.6. The van der Waals surface area contributed by atoms with E-state index in [0.29, 0.717) is 0 Å². The van der Waals surface area contributed by atoms with Crippen molar-refractivity contribution >= 4 is 5.69 Å². The number of anilines is 1. The van der Waals surface area contributed by atoms with Gasteiger partial charge in [0.25, 0.3) is 0 Å². The average Bonchev–Trinajstić information content (AvgIpc) is 2.84. The first kappa shape index (κ1) is 29.8. The molecule has 0 saturated carbocycles. The standard InChI is InChI=1S/C30H56N2O/c1-2-3-4-21-28-33-30-24-22-29(23-25-30)32-27-20-18-16-14-12-10-8-6-5-7-9-11-13-15-17-19-26-31/h22-25,32H,2-21,26-28,31H2,1H3. The molecule has 0 amide bonds. The van der Waals surface area contributed by atoms with Gasteiger partial charge in [0.1, 0.15) is 5.75 Å². The van der Waals surface area contributed by atoms with E-state index in [1.54, 1.807) is 0 Å². The number of unbranched alkanes of at least 4 members (excludes halogenated alkanes) is 18. The molecule has 0 aliphatic carbocycles. The number of nitrogens with two attached hydrogens (primary N) is 1. The van der Waals surface area contributed by atoms with Crippen molar-refractivity contribution < 1.29 is 4.74 Å². The monoisotopic (exact) mass is 460 g/mol. The van der Waals surface area contributed by atoms with Crippen LogP contribution in [0.1, 0.15) is 135 Å². The van der Waals surface area contributed by atoms with Gasteiger partial charge in [-0.15, -0.1) is 0 Å². The van der Waals surface area contributed by atoms with Gasteiger partial charge in [-0.2, -0.15) is 0 Å². The Morgan fingerprint density at radius 1 is 0.576 bits per heavy atom. The molecule has 1 aromatic carbocycles. The highest BCUT2D eigenvalue weighted by atomic mass is 16.5. The molecule has 0 radical (unpaired) electrons. The molecule has 0 aromatic heterocycles. The van der Waals surface area contributed by atoms with Crippen molar-refractivity contribution in [3.63, 3.8) is 0 Å². The van der Waals surface area contributed by atoms with E-state index < -0.39 is 0 Å². The Morgan fingerprint density at radius 3 is 1.52 bits per heavy atom. The number of rotatable bonds is 25. The van der Waals surface area contributed by atoms with Gasteiger partial charge < -0.3 is 15.8 Å². The minimum Gasteiger partial charge on any atom is -0.494 e. The highest BCUT2D eigenvalue weighted by Crippen LogP contribution is 2.17. The summed E-state index contributed by atoms with van der Waals surface area (Å²) < 4.78 is 5.82. The highest BCUT2D eigenvalue weighted by Gasteiger charge is 1.97. The molecule has 33 heavy (non-hydrogen) atoms. The summed E-state index contributed by atoms with van der Waals surface area (Å²) in [5.41, 5.74) is 6.74. The average molecular weight is 461 g/mol. The molecule has 0 aliphatic heterocycles. The van der Waals surface area contributed by atoms with Crippen LogP contribution >= 0.6 is 0 Å². The molecule has 3 N–H and O–H groups in total. The van der Waals surface area contributed by atoms with Gasteiger partial charge in [0.15, 0.2) is 0 Å². The normalized spacial score (nSPS) is 11.1. The molecule has 0 spiro atoms. The fourth-order valence-corrected chi connectivity index (χ4v) is 4.36. The third-order valence-corrected chi connectivity index (χ3v) is 6.58. The number of nitrogens with one attached hydrogen (secondary N) is 1. The quantitative estimate of drug-likeness (QED) is 0.143. The van der Waals surface area contributed by atoms with E-state index in [1.807, 2.05) is 0 Å². The van der Waals surface area contributed by atoms with Crippen LogP contribution in [0.5, 0.6) is 5.75 Å². The van der Waals surface area contributed by atoms with Crippen molar-refractivity contribution in [1.29, 1.82) is 0 Å². The van der Waals surface area contributed by atoms with E-state index in [2.05, 4.69) is 36.5 Å². The van der Waals surface area contributed by atoms with E-state index in [9.17, 15) is 0 Å². The minimum atomic E-state index is 0.836. The first-order chi connectivity index (χ1) is 16.4. The van der Waals surface area contributed by atoms with Crippen LogP contribution in [0.2, 0.25) is 0 Å². The topological polar surface area (TPSA) is 47.3 Å². The van der Waals surface area contributed by atoms with Gasteiger partial charge in [-0.05, 0) is 50.1 Å². The van der Waals surface area contributed by atoms with Crippen LogP contribution < -0.4 is 15.8 Å². The van der Waals surface area contributed by atoms with Gasteiger partial charge in [0, 0.05) is 12.2 Å². The summed E-state index contributed by atoms with van der Waals surface area (Å²) in [6.07, 6.45) is 27.3. The fourth-order valence-electron chi connectivity index (χ4n) is 4.36. The van der Waals surface area contributed by atoms with Crippen molar-refractivity contribution in [2.45, 2.75) is 135 Å². The largest absolute Gasteiger partial charge is 0.494 e. The number of hydrogen-bond donors (Lipinski definition) is 2. The lowest BCUT2D eigenvalue weighted by atomic mass is 10.0. The molecule has 0 atom stereocenters. The second kappa shape index (κ2) is 23.9. The van der Waals surface area contributed by atoms with Gasteiger partial charge in [0.2, 0.25) is 0 Å². The van der Waals surface area contributed by atoms with E-state index in [-0.39, 0.29) is 0 Å². The summed E-state index contributed by atoms with van der Waals surface area (Å²) in [6.45, 7) is 5.01. The lowest BCUT2D eigenvalue weighted by Gasteiger charge is -2.09. The summed E-state index contributed by atoms with van der Waals surface area (Å²) in [5.74, 6) is 0.992. The zero-order valence-electron chi connectivity index (χ0n) is 22.1. The SMILES string of the molecule is CCCCCCOc1ccc(NCCCCCCCCCCCCCCCCCCN)cc1. The molecule has 0 unspecified atom stereocenters. The van der Waals surface area contributed by atoms with Crippen molar-refractivity contribution in [2.24, 2.45) is 5.73 Å². The molecule has 0 heterocycles. The molecular formula is C30H56N2O. The van der Waals surface area contributed by atoms with Crippen LogP contribution in [-0.4, -0.2) is 19.7 Å². The second-order valence-corrected chi connectivity index (χ2v) is 9.81. The number of hydrogen-bond acceptors (Lipinski definition) is 3. The number of benzene rings is 1. The summed E-state index contributed by atoms with van der Waals surface area (Å²) >= 11 is 0. The lowest BCUT2D eigenvalue weighted by molar-refractivity contribution is 0.305. The molecule has 0 bridgehead atoms. The molecule has 1 aromatic rings. The first-order valence-corrected chi connectivity index (χ1v) is 14.5. The van der Waals surface area contributed by atoms with Crippen molar-refractivity contribution in [3.8, 4) is 5.75 Å². The maximum atomic E-state index is 5.82. The molecule has 0 fully saturated rings. The van der Waals surface area contributed by atoms with Crippen molar-refractivity contribution in [3.05, 3.63) is 24.3 Å². The third kappa shape index (κ3) is 19.9. The smallest absolute Gasteiger partial charge is 0.119 e. The predicted molar refractivity (Wildman–Crippen MR) is 147 cm³/mol. The van der Waals surface area contributed by atoms with Crippen LogP contribution in [0, 0.1) is 0 Å². The molecular weight excluding hydrogens is 404 g/mol. The zero-order chi connectivity index (χ0) is 23.7. The van der Waals surface area contributed by atoms with E-state index >= 15 is 0 Å². The van der Waals surface area contributed by atoms with Crippen LogP contribution in [-0.2, 0) is 0 Å². The Balaban J connectivity index is 1.80. The Labute approximate surface area is 206 Å². The van der Waals surface area contributed by atoms with Crippen LogP contribution in [0.15, 0.2) is 24.3 Å². The second-order valence-electron chi connectivity index (χ2n) is 9.81. The Morgan fingerprint density at radius 2 is 1.03 bits per heavy atom. The maximum Gasteiger partial charge on any atom is 0.119 e. The first-order valence-electron chi connectivity index (χ1n) is 14.5. The zero-order valence-corrected chi connectivity index (χ0v) is 22.1. The van der Waals surface area contributed by atoms with E-state index in [4.69, 9.17) is 10.5 Å². The van der Waals surface area contributed by atoms with Gasteiger partial charge in [-0.25, -0.2) is 0 Å². The molecule has 192 valence electrons. The summed E-state index contributed by atoms with van der Waals surface area (Å²) in [5, 5.41) is 3.55. The molecule has 3 heteroatoms. The van der Waals surface area contributed by atoms with Gasteiger partial charge in [0.05, 0.1) is 6.61 Å². The Hall–Kier alpha value is -1.22. The summed E-state index contributed by atoms with van der Waals surface area (Å²) in [7, 11) is 0.